The summed E-state index contributed by atoms with van der Waals surface area (Å²) in [4.78, 5) is 16.7. The number of aryl methyl sites for hydroxylation is 1. The van der Waals surface area contributed by atoms with Crippen molar-refractivity contribution in [3.8, 4) is 17.1 Å². The molecule has 0 aliphatic rings. The van der Waals surface area contributed by atoms with Crippen LogP contribution in [-0.4, -0.2) is 22.2 Å². The summed E-state index contributed by atoms with van der Waals surface area (Å²) in [5.74, 6) is 1.23. The molecule has 27 heavy (non-hydrogen) atoms. The lowest BCUT2D eigenvalue weighted by Gasteiger charge is -2.18. The van der Waals surface area contributed by atoms with E-state index in [2.05, 4.69) is 15.5 Å². The average molecular weight is 386 g/mol. The van der Waals surface area contributed by atoms with Gasteiger partial charge in [0.15, 0.2) is 6.10 Å². The Morgan fingerprint density at radius 1 is 1.22 bits per heavy atom. The second kappa shape index (κ2) is 8.68. The van der Waals surface area contributed by atoms with E-state index >= 15 is 0 Å². The van der Waals surface area contributed by atoms with Crippen molar-refractivity contribution in [2.24, 2.45) is 0 Å². The topological polar surface area (TPSA) is 77.2 Å². The van der Waals surface area contributed by atoms with Crippen molar-refractivity contribution in [1.82, 2.24) is 15.5 Å². The molecule has 2 aromatic carbocycles. The Morgan fingerprint density at radius 3 is 2.67 bits per heavy atom. The zero-order chi connectivity index (χ0) is 19.2. The maximum absolute atomic E-state index is 12.4. The number of hydrogen-bond acceptors (Lipinski definition) is 5. The van der Waals surface area contributed by atoms with Gasteiger partial charge in [-0.15, -0.1) is 0 Å². The number of aromatic nitrogens is 2. The van der Waals surface area contributed by atoms with E-state index in [1.54, 1.807) is 24.3 Å². The van der Waals surface area contributed by atoms with Gasteiger partial charge in [-0.2, -0.15) is 4.98 Å². The van der Waals surface area contributed by atoms with Crippen LogP contribution in [0.15, 0.2) is 53.1 Å². The van der Waals surface area contributed by atoms with Crippen LogP contribution < -0.4 is 10.1 Å². The van der Waals surface area contributed by atoms with Crippen molar-refractivity contribution in [1.29, 1.82) is 0 Å². The molecule has 0 aliphatic carbocycles. The number of hydrogen-bond donors (Lipinski definition) is 1. The zero-order valence-corrected chi connectivity index (χ0v) is 15.9. The second-order valence-electron chi connectivity index (χ2n) is 6.02. The zero-order valence-electron chi connectivity index (χ0n) is 15.1. The summed E-state index contributed by atoms with van der Waals surface area (Å²) in [6, 6.07) is 14.7. The molecule has 7 heteroatoms. The molecule has 0 saturated heterocycles. The summed E-state index contributed by atoms with van der Waals surface area (Å²) in [7, 11) is 0. The number of carbonyl (C=O) groups excluding carboxylic acids is 1. The monoisotopic (exact) mass is 385 g/mol. The van der Waals surface area contributed by atoms with Gasteiger partial charge in [-0.25, -0.2) is 0 Å². The molecule has 1 amide bonds. The molecule has 0 bridgehead atoms. The maximum Gasteiger partial charge on any atom is 0.261 e. The number of halogens is 1. The number of carbonyl (C=O) groups is 1. The molecular formula is C20H20ClN3O3. The third kappa shape index (κ3) is 4.86. The van der Waals surface area contributed by atoms with Gasteiger partial charge in [0.2, 0.25) is 11.7 Å². The van der Waals surface area contributed by atoms with E-state index in [1.807, 2.05) is 38.1 Å². The van der Waals surface area contributed by atoms with Crippen molar-refractivity contribution < 1.29 is 14.1 Å². The minimum atomic E-state index is -0.593. The number of nitrogens with one attached hydrogen (secondary N) is 1. The SMILES string of the molecule is CCC(Oc1ccccc1C)C(=O)NCc1nc(-c2ccc(Cl)cc2)no1. The molecule has 1 heterocycles. The fourth-order valence-electron chi connectivity index (χ4n) is 2.48. The molecule has 1 aromatic heterocycles. The first kappa shape index (κ1) is 18.9. The average Bonchev–Trinajstić information content (AvgIpc) is 3.15. The molecular weight excluding hydrogens is 366 g/mol. The molecule has 0 fully saturated rings. The Labute approximate surface area is 162 Å². The normalized spacial score (nSPS) is 11.8. The van der Waals surface area contributed by atoms with E-state index in [9.17, 15) is 4.79 Å². The van der Waals surface area contributed by atoms with Crippen LogP contribution in [0.3, 0.4) is 0 Å². The van der Waals surface area contributed by atoms with Gasteiger partial charge in [-0.1, -0.05) is 41.9 Å². The van der Waals surface area contributed by atoms with Crippen LogP contribution in [0.2, 0.25) is 5.02 Å². The lowest BCUT2D eigenvalue weighted by Crippen LogP contribution is -2.37. The summed E-state index contributed by atoms with van der Waals surface area (Å²) >= 11 is 5.88. The van der Waals surface area contributed by atoms with E-state index in [1.165, 1.54) is 0 Å². The van der Waals surface area contributed by atoms with Crippen LogP contribution in [0.4, 0.5) is 0 Å². The van der Waals surface area contributed by atoms with Crippen LogP contribution in [-0.2, 0) is 11.3 Å². The number of para-hydroxylation sites is 1. The fraction of sp³-hybridized carbons (Fsp3) is 0.250. The molecule has 3 rings (SSSR count). The lowest BCUT2D eigenvalue weighted by molar-refractivity contribution is -0.128. The third-order valence-electron chi connectivity index (χ3n) is 4.01. The highest BCUT2D eigenvalue weighted by Crippen LogP contribution is 2.20. The van der Waals surface area contributed by atoms with Crippen molar-refractivity contribution in [2.75, 3.05) is 0 Å². The highest BCUT2D eigenvalue weighted by atomic mass is 35.5. The molecule has 3 aromatic rings. The largest absolute Gasteiger partial charge is 0.480 e. The van der Waals surface area contributed by atoms with Crippen molar-refractivity contribution in [3.63, 3.8) is 0 Å². The Balaban J connectivity index is 1.59. The predicted molar refractivity (Wildman–Crippen MR) is 102 cm³/mol. The second-order valence-corrected chi connectivity index (χ2v) is 6.45. The number of amides is 1. The van der Waals surface area contributed by atoms with Crippen molar-refractivity contribution in [3.05, 3.63) is 65.0 Å². The molecule has 6 nitrogen and oxygen atoms in total. The van der Waals surface area contributed by atoms with Crippen LogP contribution in [0.1, 0.15) is 24.8 Å². The third-order valence-corrected chi connectivity index (χ3v) is 4.26. The van der Waals surface area contributed by atoms with Gasteiger partial charge in [-0.05, 0) is 49.2 Å². The Morgan fingerprint density at radius 2 is 1.96 bits per heavy atom. The minimum absolute atomic E-state index is 0.132. The maximum atomic E-state index is 12.4. The molecule has 140 valence electrons. The van der Waals surface area contributed by atoms with E-state index in [0.29, 0.717) is 28.9 Å². The summed E-state index contributed by atoms with van der Waals surface area (Å²) in [5, 5.41) is 7.34. The number of nitrogens with zero attached hydrogens (tertiary/aromatic N) is 2. The smallest absolute Gasteiger partial charge is 0.261 e. The van der Waals surface area contributed by atoms with Gasteiger partial charge in [0.1, 0.15) is 5.75 Å². The van der Waals surface area contributed by atoms with Gasteiger partial charge in [-0.3, -0.25) is 4.79 Å². The molecule has 1 N–H and O–H groups in total. The number of benzene rings is 2. The lowest BCUT2D eigenvalue weighted by atomic mass is 10.2. The van der Waals surface area contributed by atoms with Crippen LogP contribution in [0, 0.1) is 6.92 Å². The van der Waals surface area contributed by atoms with Crippen LogP contribution in [0.5, 0.6) is 5.75 Å². The summed E-state index contributed by atoms with van der Waals surface area (Å²) in [6.45, 7) is 3.97. The first-order chi connectivity index (χ1) is 13.1. The minimum Gasteiger partial charge on any atom is -0.480 e. The molecule has 1 unspecified atom stereocenters. The molecule has 0 saturated carbocycles. The van der Waals surface area contributed by atoms with E-state index < -0.39 is 6.10 Å². The summed E-state index contributed by atoms with van der Waals surface area (Å²) in [6.07, 6.45) is -0.0511. The van der Waals surface area contributed by atoms with Crippen molar-refractivity contribution in [2.45, 2.75) is 32.9 Å². The van der Waals surface area contributed by atoms with E-state index in [-0.39, 0.29) is 12.5 Å². The number of ether oxygens (including phenoxy) is 1. The number of rotatable bonds is 7. The van der Waals surface area contributed by atoms with Crippen LogP contribution >= 0.6 is 11.6 Å². The van der Waals surface area contributed by atoms with Crippen LogP contribution in [0.25, 0.3) is 11.4 Å². The highest BCUT2D eigenvalue weighted by molar-refractivity contribution is 6.30. The molecule has 0 radical (unpaired) electrons. The first-order valence-electron chi connectivity index (χ1n) is 8.65. The van der Waals surface area contributed by atoms with Gasteiger partial charge in [0.25, 0.3) is 5.91 Å². The summed E-state index contributed by atoms with van der Waals surface area (Å²) < 4.78 is 11.0. The highest BCUT2D eigenvalue weighted by Gasteiger charge is 2.20. The van der Waals surface area contributed by atoms with Gasteiger partial charge in [0.05, 0.1) is 6.54 Å². The van der Waals surface area contributed by atoms with Gasteiger partial charge >= 0.3 is 0 Å². The molecule has 0 spiro atoms. The molecule has 1 atom stereocenters. The Bertz CT molecular complexity index is 909. The molecule has 0 aliphatic heterocycles. The van der Waals surface area contributed by atoms with E-state index in [0.717, 1.165) is 11.1 Å². The van der Waals surface area contributed by atoms with E-state index in [4.69, 9.17) is 20.9 Å². The quantitative estimate of drug-likeness (QED) is 0.660. The summed E-state index contributed by atoms with van der Waals surface area (Å²) in [5.41, 5.74) is 1.77. The van der Waals surface area contributed by atoms with Gasteiger partial charge in [0, 0.05) is 10.6 Å². The fourth-order valence-corrected chi connectivity index (χ4v) is 2.61. The van der Waals surface area contributed by atoms with Crippen molar-refractivity contribution >= 4 is 17.5 Å². The Hall–Kier alpha value is -2.86. The predicted octanol–water partition coefficient (Wildman–Crippen LogP) is 4.17. The standard InChI is InChI=1S/C20H20ClN3O3/c1-3-16(26-17-7-5-4-6-13(17)2)20(25)22-12-18-23-19(24-27-18)14-8-10-15(21)11-9-14/h4-11,16H,3,12H2,1-2H3,(H,22,25). The van der Waals surface area contributed by atoms with Gasteiger partial charge < -0.3 is 14.6 Å². The Kier molecular flexibility index (Phi) is 6.08. The first-order valence-corrected chi connectivity index (χ1v) is 9.03.